The molecule has 0 fully saturated rings. The SMILES string of the molecule is COc1ccc(Br)c2c1-c1nc(NC(=O)c3cccc(Br)c3)sc1C2. The highest BCUT2D eigenvalue weighted by atomic mass is 79.9. The van der Waals surface area contributed by atoms with Gasteiger partial charge >= 0.3 is 0 Å². The van der Waals surface area contributed by atoms with Crippen molar-refractivity contribution < 1.29 is 9.53 Å². The zero-order valence-corrected chi connectivity index (χ0v) is 17.1. The molecule has 0 saturated heterocycles. The maximum Gasteiger partial charge on any atom is 0.257 e. The smallest absolute Gasteiger partial charge is 0.257 e. The van der Waals surface area contributed by atoms with E-state index in [1.54, 1.807) is 19.2 Å². The molecule has 7 heteroatoms. The van der Waals surface area contributed by atoms with Gasteiger partial charge in [0.05, 0.1) is 12.8 Å². The van der Waals surface area contributed by atoms with Crippen molar-refractivity contribution >= 4 is 54.2 Å². The summed E-state index contributed by atoms with van der Waals surface area (Å²) in [4.78, 5) is 18.2. The van der Waals surface area contributed by atoms with Crippen molar-refractivity contribution in [1.29, 1.82) is 0 Å². The Hall–Kier alpha value is -1.70. The lowest BCUT2D eigenvalue weighted by Gasteiger charge is -2.09. The molecule has 0 spiro atoms. The fraction of sp³-hybridized carbons (Fsp3) is 0.111. The van der Waals surface area contributed by atoms with Crippen LogP contribution < -0.4 is 10.1 Å². The molecule has 0 bridgehead atoms. The number of ether oxygens (including phenoxy) is 1. The predicted octanol–water partition coefficient (Wildman–Crippen LogP) is 5.50. The molecule has 1 amide bonds. The molecule has 4 nitrogen and oxygen atoms in total. The summed E-state index contributed by atoms with van der Waals surface area (Å²) in [5.41, 5.74) is 3.66. The molecule has 2 aromatic carbocycles. The molecule has 1 N–H and O–H groups in total. The van der Waals surface area contributed by atoms with Gasteiger partial charge < -0.3 is 4.74 Å². The number of thiazole rings is 1. The van der Waals surface area contributed by atoms with E-state index < -0.39 is 0 Å². The molecule has 1 aromatic heterocycles. The molecular weight excluding hydrogens is 468 g/mol. The van der Waals surface area contributed by atoms with Gasteiger partial charge in [0.2, 0.25) is 0 Å². The Morgan fingerprint density at radius 1 is 1.28 bits per heavy atom. The second-order valence-corrected chi connectivity index (χ2v) is 8.39. The predicted molar refractivity (Wildman–Crippen MR) is 107 cm³/mol. The number of amides is 1. The van der Waals surface area contributed by atoms with Crippen molar-refractivity contribution in [1.82, 2.24) is 4.98 Å². The third-order valence-corrected chi connectivity index (χ3v) is 6.22. The number of fused-ring (bicyclic) bond motifs is 3. The Morgan fingerprint density at radius 3 is 2.88 bits per heavy atom. The second kappa shape index (κ2) is 6.55. The summed E-state index contributed by atoms with van der Waals surface area (Å²) in [6, 6.07) is 11.2. The van der Waals surface area contributed by atoms with Crippen LogP contribution in [-0.2, 0) is 6.42 Å². The van der Waals surface area contributed by atoms with Crippen LogP contribution in [0.5, 0.6) is 5.75 Å². The summed E-state index contributed by atoms with van der Waals surface area (Å²) in [5, 5.41) is 3.49. The molecule has 3 aromatic rings. The highest BCUT2D eigenvalue weighted by molar-refractivity contribution is 9.10. The molecule has 1 heterocycles. The van der Waals surface area contributed by atoms with Crippen molar-refractivity contribution in [3.8, 4) is 17.0 Å². The number of hydrogen-bond donors (Lipinski definition) is 1. The van der Waals surface area contributed by atoms with Gasteiger partial charge in [-0.2, -0.15) is 0 Å². The third kappa shape index (κ3) is 3.01. The van der Waals surface area contributed by atoms with Crippen molar-refractivity contribution in [2.45, 2.75) is 6.42 Å². The lowest BCUT2D eigenvalue weighted by Crippen LogP contribution is -2.11. The lowest BCUT2D eigenvalue weighted by atomic mass is 10.1. The van der Waals surface area contributed by atoms with Crippen LogP contribution in [0.2, 0.25) is 0 Å². The Kier molecular flexibility index (Phi) is 4.39. The minimum atomic E-state index is -0.171. The van der Waals surface area contributed by atoms with Crippen LogP contribution in [0.3, 0.4) is 0 Å². The first-order chi connectivity index (χ1) is 12.1. The molecule has 0 aliphatic heterocycles. The topological polar surface area (TPSA) is 51.2 Å². The largest absolute Gasteiger partial charge is 0.496 e. The van der Waals surface area contributed by atoms with E-state index >= 15 is 0 Å². The standard InChI is InChI=1S/C18H12Br2N2O2S/c1-24-13-6-5-12(20)11-8-14-16(15(11)13)21-18(25-14)22-17(23)9-3-2-4-10(19)7-9/h2-7H,8H2,1H3,(H,21,22,23). The van der Waals surface area contributed by atoms with E-state index in [4.69, 9.17) is 4.74 Å². The Labute approximate surface area is 165 Å². The number of methoxy groups -OCH3 is 1. The quantitative estimate of drug-likeness (QED) is 0.422. The summed E-state index contributed by atoms with van der Waals surface area (Å²) >= 11 is 8.48. The van der Waals surface area contributed by atoms with E-state index in [0.717, 1.165) is 37.3 Å². The van der Waals surface area contributed by atoms with Gasteiger partial charge in [-0.25, -0.2) is 4.98 Å². The van der Waals surface area contributed by atoms with E-state index in [1.165, 1.54) is 16.9 Å². The van der Waals surface area contributed by atoms with Gasteiger partial charge in [0.15, 0.2) is 5.13 Å². The van der Waals surface area contributed by atoms with E-state index in [9.17, 15) is 4.79 Å². The maximum absolute atomic E-state index is 12.4. The number of rotatable bonds is 3. The normalized spacial score (nSPS) is 11.8. The van der Waals surface area contributed by atoms with Crippen LogP contribution in [0.1, 0.15) is 20.8 Å². The summed E-state index contributed by atoms with van der Waals surface area (Å²) in [6.45, 7) is 0. The first-order valence-electron chi connectivity index (χ1n) is 7.49. The van der Waals surface area contributed by atoms with E-state index in [2.05, 4.69) is 42.2 Å². The highest BCUT2D eigenvalue weighted by Crippen LogP contribution is 2.48. The lowest BCUT2D eigenvalue weighted by molar-refractivity contribution is 0.102. The summed E-state index contributed by atoms with van der Waals surface area (Å²) in [5.74, 6) is 0.627. The number of halogens is 2. The number of nitrogens with one attached hydrogen (secondary N) is 1. The molecular formula is C18H12Br2N2O2S. The Bertz CT molecular complexity index is 1000. The highest BCUT2D eigenvalue weighted by Gasteiger charge is 2.29. The number of aromatic nitrogens is 1. The number of hydrogen-bond acceptors (Lipinski definition) is 4. The monoisotopic (exact) mass is 478 g/mol. The summed E-state index contributed by atoms with van der Waals surface area (Å²) < 4.78 is 7.41. The molecule has 1 aliphatic carbocycles. The van der Waals surface area contributed by atoms with Crippen LogP contribution in [-0.4, -0.2) is 18.0 Å². The van der Waals surface area contributed by atoms with Gasteiger partial charge in [0.25, 0.3) is 5.91 Å². The Morgan fingerprint density at radius 2 is 2.12 bits per heavy atom. The third-order valence-electron chi connectivity index (χ3n) is 4.02. The average Bonchev–Trinajstić information content (AvgIpc) is 3.13. The van der Waals surface area contributed by atoms with Crippen molar-refractivity contribution in [2.24, 2.45) is 0 Å². The summed E-state index contributed by atoms with van der Waals surface area (Å²) in [6.07, 6.45) is 0.785. The number of benzene rings is 2. The van der Waals surface area contributed by atoms with Crippen molar-refractivity contribution in [3.63, 3.8) is 0 Å². The van der Waals surface area contributed by atoms with E-state index in [-0.39, 0.29) is 5.91 Å². The van der Waals surface area contributed by atoms with Gasteiger partial charge in [0, 0.05) is 31.4 Å². The molecule has 0 unspecified atom stereocenters. The van der Waals surface area contributed by atoms with Crippen LogP contribution in [0.4, 0.5) is 5.13 Å². The number of carbonyl (C=O) groups excluding carboxylic acids is 1. The maximum atomic E-state index is 12.4. The van der Waals surface area contributed by atoms with Crippen molar-refractivity contribution in [3.05, 3.63) is 61.3 Å². The fourth-order valence-corrected chi connectivity index (χ4v) is 4.73. The fourth-order valence-electron chi connectivity index (χ4n) is 2.88. The first kappa shape index (κ1) is 16.8. The van der Waals surface area contributed by atoms with E-state index in [0.29, 0.717) is 10.7 Å². The molecule has 0 saturated carbocycles. The molecule has 0 atom stereocenters. The zero-order valence-electron chi connectivity index (χ0n) is 13.1. The molecule has 4 rings (SSSR count). The molecule has 25 heavy (non-hydrogen) atoms. The summed E-state index contributed by atoms with van der Waals surface area (Å²) in [7, 11) is 1.66. The van der Waals surface area contributed by atoms with Gasteiger partial charge in [0.1, 0.15) is 5.75 Å². The van der Waals surface area contributed by atoms with Gasteiger partial charge in [-0.05, 0) is 35.9 Å². The van der Waals surface area contributed by atoms with Gasteiger partial charge in [-0.1, -0.05) is 37.9 Å². The van der Waals surface area contributed by atoms with Crippen LogP contribution in [0, 0.1) is 0 Å². The number of carbonyl (C=O) groups is 1. The van der Waals surface area contributed by atoms with Crippen LogP contribution in [0.15, 0.2) is 45.3 Å². The molecule has 1 aliphatic rings. The van der Waals surface area contributed by atoms with Gasteiger partial charge in [-0.15, -0.1) is 11.3 Å². The second-order valence-electron chi connectivity index (χ2n) is 5.54. The Balaban J connectivity index is 1.66. The van der Waals surface area contributed by atoms with Crippen LogP contribution >= 0.6 is 43.2 Å². The number of anilines is 1. The van der Waals surface area contributed by atoms with Crippen LogP contribution in [0.25, 0.3) is 11.3 Å². The average molecular weight is 480 g/mol. The zero-order chi connectivity index (χ0) is 17.6. The number of nitrogens with zero attached hydrogens (tertiary/aromatic N) is 1. The molecule has 0 radical (unpaired) electrons. The minimum Gasteiger partial charge on any atom is -0.496 e. The minimum absolute atomic E-state index is 0.171. The molecule has 126 valence electrons. The van der Waals surface area contributed by atoms with Gasteiger partial charge in [-0.3, -0.25) is 10.1 Å². The first-order valence-corrected chi connectivity index (χ1v) is 9.89. The van der Waals surface area contributed by atoms with E-state index in [1.807, 2.05) is 24.3 Å². The van der Waals surface area contributed by atoms with Crippen molar-refractivity contribution in [2.75, 3.05) is 12.4 Å².